The van der Waals surface area contributed by atoms with Gasteiger partial charge in [-0.3, -0.25) is 4.79 Å². The number of hydrazone groups is 1. The highest BCUT2D eigenvalue weighted by molar-refractivity contribution is 14.1. The molecular weight excluding hydrogens is 509 g/mol. The van der Waals surface area contributed by atoms with Gasteiger partial charge in [-0.15, -0.1) is 0 Å². The molecule has 1 N–H and O–H groups in total. The molecular formula is C23H16IN3O4. The molecule has 3 aromatic rings. The molecule has 0 aliphatic heterocycles. The van der Waals surface area contributed by atoms with Crippen molar-refractivity contribution in [3.05, 3.63) is 93.1 Å². The van der Waals surface area contributed by atoms with E-state index in [0.29, 0.717) is 28.2 Å². The number of nitrogens with one attached hydrogen (secondary N) is 1. The Morgan fingerprint density at radius 2 is 1.74 bits per heavy atom. The van der Waals surface area contributed by atoms with Gasteiger partial charge in [0.25, 0.3) is 5.91 Å². The molecule has 3 aromatic carbocycles. The lowest BCUT2D eigenvalue weighted by Crippen LogP contribution is -2.24. The third-order valence-corrected chi connectivity index (χ3v) is 4.89. The van der Waals surface area contributed by atoms with Gasteiger partial charge in [-0.2, -0.15) is 10.4 Å². The average Bonchev–Trinajstić information content (AvgIpc) is 2.79. The number of esters is 1. The van der Waals surface area contributed by atoms with Gasteiger partial charge in [0, 0.05) is 3.57 Å². The molecule has 3 rings (SSSR count). The average molecular weight is 525 g/mol. The predicted molar refractivity (Wildman–Crippen MR) is 123 cm³/mol. The first-order valence-corrected chi connectivity index (χ1v) is 10.2. The summed E-state index contributed by atoms with van der Waals surface area (Å²) < 4.78 is 11.5. The van der Waals surface area contributed by atoms with Crippen LogP contribution in [-0.4, -0.2) is 24.7 Å². The van der Waals surface area contributed by atoms with Crippen LogP contribution in [0.1, 0.15) is 21.5 Å². The van der Waals surface area contributed by atoms with Gasteiger partial charge in [0.2, 0.25) is 0 Å². The van der Waals surface area contributed by atoms with Crippen molar-refractivity contribution in [1.29, 1.82) is 5.26 Å². The van der Waals surface area contributed by atoms with Crippen LogP contribution >= 0.6 is 22.6 Å². The van der Waals surface area contributed by atoms with Crippen LogP contribution in [0.3, 0.4) is 0 Å². The van der Waals surface area contributed by atoms with Crippen molar-refractivity contribution in [2.45, 2.75) is 0 Å². The minimum atomic E-state index is -0.466. The van der Waals surface area contributed by atoms with Crippen LogP contribution in [0, 0.1) is 14.9 Å². The molecule has 0 saturated heterocycles. The first-order valence-electron chi connectivity index (χ1n) is 9.07. The lowest BCUT2D eigenvalue weighted by molar-refractivity contribution is -0.123. The summed E-state index contributed by atoms with van der Waals surface area (Å²) in [6.45, 7) is -0.275. The number of nitrogens with zero attached hydrogens (tertiary/aromatic N) is 2. The number of amides is 1. The van der Waals surface area contributed by atoms with E-state index in [9.17, 15) is 9.59 Å². The summed E-state index contributed by atoms with van der Waals surface area (Å²) in [4.78, 5) is 24.1. The summed E-state index contributed by atoms with van der Waals surface area (Å²) in [5.41, 5.74) is 3.89. The van der Waals surface area contributed by atoms with Crippen LogP contribution in [-0.2, 0) is 4.79 Å². The normalized spacial score (nSPS) is 10.3. The zero-order valence-electron chi connectivity index (χ0n) is 16.1. The first kappa shape index (κ1) is 22.0. The minimum Gasteiger partial charge on any atom is -0.482 e. The molecule has 0 bridgehead atoms. The maximum absolute atomic E-state index is 12.2. The number of hydrogen-bond acceptors (Lipinski definition) is 6. The van der Waals surface area contributed by atoms with Crippen LogP contribution in [0.2, 0.25) is 0 Å². The van der Waals surface area contributed by atoms with E-state index < -0.39 is 11.9 Å². The lowest BCUT2D eigenvalue weighted by atomic mass is 10.2. The summed E-state index contributed by atoms with van der Waals surface area (Å²) >= 11 is 2.08. The maximum Gasteiger partial charge on any atom is 0.344 e. The Hall–Kier alpha value is -3.71. The zero-order chi connectivity index (χ0) is 22.1. The molecule has 8 heteroatoms. The molecule has 154 valence electrons. The summed E-state index contributed by atoms with van der Waals surface area (Å²) in [6, 6.07) is 22.5. The molecule has 0 aliphatic rings. The largest absolute Gasteiger partial charge is 0.482 e. The van der Waals surface area contributed by atoms with Gasteiger partial charge in [0.05, 0.1) is 17.3 Å². The molecule has 0 aliphatic carbocycles. The minimum absolute atomic E-state index is 0.275. The van der Waals surface area contributed by atoms with E-state index in [1.165, 1.54) is 6.21 Å². The van der Waals surface area contributed by atoms with E-state index in [1.807, 2.05) is 18.2 Å². The quantitative estimate of drug-likeness (QED) is 0.166. The highest BCUT2D eigenvalue weighted by Crippen LogP contribution is 2.17. The molecule has 0 heterocycles. The van der Waals surface area contributed by atoms with Crippen molar-refractivity contribution >= 4 is 40.7 Å². The van der Waals surface area contributed by atoms with Gasteiger partial charge in [-0.1, -0.05) is 24.3 Å². The third-order valence-electron chi connectivity index (χ3n) is 3.95. The van der Waals surface area contributed by atoms with Gasteiger partial charge in [-0.25, -0.2) is 10.2 Å². The standard InChI is InChI=1S/C23H16IN3O4/c24-20-7-3-2-6-19(20)23(29)31-18-11-9-16(10-12-18)14-26-27-22(28)15-30-21-8-4-1-5-17(21)13-25/h1-12,14H,15H2,(H,27,28)/b26-14-. The Morgan fingerprint density at radius 1 is 1.03 bits per heavy atom. The Bertz CT molecular complexity index is 1150. The van der Waals surface area contributed by atoms with E-state index in [4.69, 9.17) is 14.7 Å². The topological polar surface area (TPSA) is 101 Å². The molecule has 0 aromatic heterocycles. The van der Waals surface area contributed by atoms with Gasteiger partial charge in [0.1, 0.15) is 17.6 Å². The SMILES string of the molecule is N#Cc1ccccc1OCC(=O)N/N=C\c1ccc(OC(=O)c2ccccc2I)cc1. The molecule has 0 fully saturated rings. The highest BCUT2D eigenvalue weighted by Gasteiger charge is 2.11. The number of para-hydroxylation sites is 1. The van der Waals surface area contributed by atoms with E-state index >= 15 is 0 Å². The van der Waals surface area contributed by atoms with Crippen molar-refractivity contribution < 1.29 is 19.1 Å². The number of benzene rings is 3. The van der Waals surface area contributed by atoms with Gasteiger partial charge < -0.3 is 9.47 Å². The first-order chi connectivity index (χ1) is 15.1. The van der Waals surface area contributed by atoms with Crippen LogP contribution in [0.25, 0.3) is 0 Å². The monoisotopic (exact) mass is 525 g/mol. The number of ether oxygens (including phenoxy) is 2. The van der Waals surface area contributed by atoms with Crippen molar-refractivity contribution in [3.63, 3.8) is 0 Å². The number of nitriles is 1. The fraction of sp³-hybridized carbons (Fsp3) is 0.0435. The van der Waals surface area contributed by atoms with Crippen molar-refractivity contribution in [3.8, 4) is 17.6 Å². The van der Waals surface area contributed by atoms with Crippen LogP contribution in [0.5, 0.6) is 11.5 Å². The van der Waals surface area contributed by atoms with Gasteiger partial charge in [0.15, 0.2) is 6.61 Å². The van der Waals surface area contributed by atoms with Crippen molar-refractivity contribution in [2.75, 3.05) is 6.61 Å². The Morgan fingerprint density at radius 3 is 2.48 bits per heavy atom. The summed E-state index contributed by atoms with van der Waals surface area (Å²) in [6.07, 6.45) is 1.45. The van der Waals surface area contributed by atoms with Gasteiger partial charge >= 0.3 is 5.97 Å². The Kier molecular flexibility index (Phi) is 7.73. The molecule has 1 amide bonds. The van der Waals surface area contributed by atoms with Crippen LogP contribution in [0.4, 0.5) is 0 Å². The second-order valence-electron chi connectivity index (χ2n) is 6.13. The zero-order valence-corrected chi connectivity index (χ0v) is 18.3. The van der Waals surface area contributed by atoms with E-state index in [1.54, 1.807) is 60.7 Å². The summed E-state index contributed by atoms with van der Waals surface area (Å²) in [5.74, 6) is -0.168. The number of carbonyl (C=O) groups is 2. The number of rotatable bonds is 7. The lowest BCUT2D eigenvalue weighted by Gasteiger charge is -2.06. The summed E-state index contributed by atoms with van der Waals surface area (Å²) in [7, 11) is 0. The fourth-order valence-corrected chi connectivity index (χ4v) is 3.06. The second kappa shape index (κ2) is 10.9. The Balaban J connectivity index is 1.49. The van der Waals surface area contributed by atoms with Crippen molar-refractivity contribution in [2.24, 2.45) is 5.10 Å². The van der Waals surface area contributed by atoms with E-state index in [2.05, 4.69) is 33.1 Å². The smallest absolute Gasteiger partial charge is 0.344 e. The highest BCUT2D eigenvalue weighted by atomic mass is 127. The Labute approximate surface area is 192 Å². The second-order valence-corrected chi connectivity index (χ2v) is 7.29. The molecule has 0 spiro atoms. The summed E-state index contributed by atoms with van der Waals surface area (Å²) in [5, 5.41) is 12.9. The molecule has 0 saturated carbocycles. The van der Waals surface area contributed by atoms with Crippen LogP contribution < -0.4 is 14.9 Å². The third kappa shape index (κ3) is 6.38. The molecule has 31 heavy (non-hydrogen) atoms. The maximum atomic E-state index is 12.2. The fourth-order valence-electron chi connectivity index (χ4n) is 2.45. The van der Waals surface area contributed by atoms with Crippen LogP contribution in [0.15, 0.2) is 77.9 Å². The van der Waals surface area contributed by atoms with E-state index in [0.717, 1.165) is 3.57 Å². The molecule has 0 atom stereocenters. The molecule has 0 radical (unpaired) electrons. The van der Waals surface area contributed by atoms with Crippen molar-refractivity contribution in [1.82, 2.24) is 5.43 Å². The van der Waals surface area contributed by atoms with E-state index in [-0.39, 0.29) is 6.61 Å². The number of hydrogen-bond donors (Lipinski definition) is 1. The number of carbonyl (C=O) groups excluding carboxylic acids is 2. The predicted octanol–water partition coefficient (Wildman–Crippen LogP) is 3.91. The molecule has 0 unspecified atom stereocenters. The molecule has 7 nitrogen and oxygen atoms in total. The number of halogens is 1. The van der Waals surface area contributed by atoms with Gasteiger partial charge in [-0.05, 0) is 76.7 Å².